The Morgan fingerprint density at radius 1 is 1.18 bits per heavy atom. The lowest BCUT2D eigenvalue weighted by molar-refractivity contribution is 0.736. The zero-order valence-corrected chi connectivity index (χ0v) is 6.80. The standard InChI is InChI=1S/C10H13N/c1-10(11)6-4-8-2-3-9(8)5-7-10/h4-7H,2-3,11H2,1H3. The van der Waals surface area contributed by atoms with Crippen LogP contribution in [0.5, 0.6) is 0 Å². The first-order chi connectivity index (χ1) is 5.17. The van der Waals surface area contributed by atoms with E-state index in [0.29, 0.717) is 0 Å². The molecule has 0 amide bonds. The van der Waals surface area contributed by atoms with E-state index in [9.17, 15) is 0 Å². The third kappa shape index (κ3) is 1.16. The second kappa shape index (κ2) is 2.08. The van der Waals surface area contributed by atoms with Gasteiger partial charge in [0.2, 0.25) is 0 Å². The summed E-state index contributed by atoms with van der Waals surface area (Å²) in [6, 6.07) is 0. The summed E-state index contributed by atoms with van der Waals surface area (Å²) < 4.78 is 0. The molecule has 0 radical (unpaired) electrons. The molecule has 2 N–H and O–H groups in total. The monoisotopic (exact) mass is 147 g/mol. The van der Waals surface area contributed by atoms with Crippen LogP contribution >= 0.6 is 0 Å². The molecule has 0 saturated heterocycles. The van der Waals surface area contributed by atoms with Crippen molar-refractivity contribution in [3.63, 3.8) is 0 Å². The minimum Gasteiger partial charge on any atom is -0.319 e. The highest BCUT2D eigenvalue weighted by Gasteiger charge is 2.18. The lowest BCUT2D eigenvalue weighted by Crippen LogP contribution is -2.30. The molecule has 1 nitrogen and oxygen atoms in total. The van der Waals surface area contributed by atoms with Crippen LogP contribution in [0, 0.1) is 0 Å². The van der Waals surface area contributed by atoms with Crippen LogP contribution in [0.25, 0.3) is 0 Å². The summed E-state index contributed by atoms with van der Waals surface area (Å²) >= 11 is 0. The predicted molar refractivity (Wildman–Crippen MR) is 47.1 cm³/mol. The Morgan fingerprint density at radius 3 is 2.00 bits per heavy atom. The second-order valence-electron chi connectivity index (χ2n) is 3.58. The molecule has 0 spiro atoms. The van der Waals surface area contributed by atoms with Gasteiger partial charge >= 0.3 is 0 Å². The van der Waals surface area contributed by atoms with Crippen molar-refractivity contribution in [1.29, 1.82) is 0 Å². The van der Waals surface area contributed by atoms with Crippen molar-refractivity contribution < 1.29 is 0 Å². The molecule has 0 heterocycles. The number of nitrogens with two attached hydrogens (primary N) is 1. The smallest absolute Gasteiger partial charge is 0.0502 e. The van der Waals surface area contributed by atoms with Gasteiger partial charge in [0.1, 0.15) is 0 Å². The maximum atomic E-state index is 5.93. The number of hydrogen-bond acceptors (Lipinski definition) is 1. The molecule has 0 bridgehead atoms. The van der Waals surface area contributed by atoms with E-state index >= 15 is 0 Å². The highest BCUT2D eigenvalue weighted by atomic mass is 14.7. The van der Waals surface area contributed by atoms with E-state index in [1.54, 1.807) is 0 Å². The van der Waals surface area contributed by atoms with Gasteiger partial charge in [-0.15, -0.1) is 0 Å². The van der Waals surface area contributed by atoms with Crippen molar-refractivity contribution in [3.05, 3.63) is 35.5 Å². The molecule has 0 aliphatic heterocycles. The van der Waals surface area contributed by atoms with Crippen LogP contribution in [0.4, 0.5) is 0 Å². The largest absolute Gasteiger partial charge is 0.319 e. The Bertz CT molecular complexity index is 241. The molecule has 11 heavy (non-hydrogen) atoms. The van der Waals surface area contributed by atoms with E-state index in [0.717, 1.165) is 0 Å². The van der Waals surface area contributed by atoms with Gasteiger partial charge in [0.25, 0.3) is 0 Å². The topological polar surface area (TPSA) is 26.0 Å². The molecule has 0 fully saturated rings. The fourth-order valence-electron chi connectivity index (χ4n) is 1.41. The van der Waals surface area contributed by atoms with Gasteiger partial charge in [-0.05, 0) is 30.9 Å². The normalized spacial score (nSPS) is 26.0. The van der Waals surface area contributed by atoms with Crippen LogP contribution in [0.15, 0.2) is 35.5 Å². The van der Waals surface area contributed by atoms with Crippen molar-refractivity contribution in [2.24, 2.45) is 5.73 Å². The van der Waals surface area contributed by atoms with E-state index in [4.69, 9.17) is 5.73 Å². The van der Waals surface area contributed by atoms with Crippen molar-refractivity contribution in [1.82, 2.24) is 0 Å². The zero-order chi connectivity index (χ0) is 7.90. The zero-order valence-electron chi connectivity index (χ0n) is 6.80. The highest BCUT2D eigenvalue weighted by Crippen LogP contribution is 2.32. The number of hydrogen-bond donors (Lipinski definition) is 1. The first-order valence-electron chi connectivity index (χ1n) is 4.07. The van der Waals surface area contributed by atoms with Crippen molar-refractivity contribution in [2.75, 3.05) is 0 Å². The molecule has 0 unspecified atom stereocenters. The van der Waals surface area contributed by atoms with Gasteiger partial charge in [0.15, 0.2) is 0 Å². The molecule has 58 valence electrons. The van der Waals surface area contributed by atoms with E-state index < -0.39 is 0 Å². The summed E-state index contributed by atoms with van der Waals surface area (Å²) in [6.45, 7) is 2.02. The average molecular weight is 147 g/mol. The molecule has 0 saturated carbocycles. The first kappa shape index (κ1) is 6.86. The van der Waals surface area contributed by atoms with Gasteiger partial charge in [-0.2, -0.15) is 0 Å². The summed E-state index contributed by atoms with van der Waals surface area (Å²) in [5, 5.41) is 0. The fraction of sp³-hybridized carbons (Fsp3) is 0.400. The summed E-state index contributed by atoms with van der Waals surface area (Å²) in [5.41, 5.74) is 8.63. The molecule has 0 aromatic rings. The summed E-state index contributed by atoms with van der Waals surface area (Å²) in [5.74, 6) is 0. The predicted octanol–water partition coefficient (Wildman–Crippen LogP) is 1.92. The molecule has 0 aromatic carbocycles. The van der Waals surface area contributed by atoms with Gasteiger partial charge < -0.3 is 5.73 Å². The van der Waals surface area contributed by atoms with E-state index in [-0.39, 0.29) is 5.54 Å². The van der Waals surface area contributed by atoms with E-state index in [1.165, 1.54) is 24.0 Å². The van der Waals surface area contributed by atoms with Crippen LogP contribution in [0.3, 0.4) is 0 Å². The molecule has 2 aliphatic carbocycles. The van der Waals surface area contributed by atoms with E-state index in [1.807, 2.05) is 6.92 Å². The van der Waals surface area contributed by atoms with Crippen LogP contribution in [-0.2, 0) is 0 Å². The third-order valence-corrected chi connectivity index (χ3v) is 2.36. The Balaban J connectivity index is 2.35. The van der Waals surface area contributed by atoms with Gasteiger partial charge in [0, 0.05) is 0 Å². The number of allylic oxidation sites excluding steroid dienone is 4. The van der Waals surface area contributed by atoms with Gasteiger partial charge in [-0.25, -0.2) is 0 Å². The SMILES string of the molecule is CC1(N)C=CC2=C(C=C1)CC2. The summed E-state index contributed by atoms with van der Waals surface area (Å²) in [7, 11) is 0. The Labute approximate surface area is 67.3 Å². The molecule has 0 atom stereocenters. The van der Waals surface area contributed by atoms with Crippen molar-refractivity contribution in [2.45, 2.75) is 25.3 Å². The minimum atomic E-state index is -0.239. The van der Waals surface area contributed by atoms with Gasteiger partial charge in [-0.3, -0.25) is 0 Å². The quantitative estimate of drug-likeness (QED) is 0.556. The van der Waals surface area contributed by atoms with Gasteiger partial charge in [0.05, 0.1) is 5.54 Å². The number of rotatable bonds is 0. The third-order valence-electron chi connectivity index (χ3n) is 2.36. The highest BCUT2D eigenvalue weighted by molar-refractivity contribution is 5.45. The van der Waals surface area contributed by atoms with Crippen LogP contribution in [0.2, 0.25) is 0 Å². The lowest BCUT2D eigenvalue weighted by Gasteiger charge is -2.16. The van der Waals surface area contributed by atoms with Crippen LogP contribution < -0.4 is 5.73 Å². The first-order valence-corrected chi connectivity index (χ1v) is 4.07. The maximum Gasteiger partial charge on any atom is 0.0502 e. The van der Waals surface area contributed by atoms with Crippen molar-refractivity contribution in [3.8, 4) is 0 Å². The molecule has 2 rings (SSSR count). The van der Waals surface area contributed by atoms with E-state index in [2.05, 4.69) is 24.3 Å². The molecular formula is C10H13N. The Hall–Kier alpha value is -0.820. The Kier molecular flexibility index (Phi) is 1.30. The minimum absolute atomic E-state index is 0.239. The van der Waals surface area contributed by atoms with Crippen LogP contribution in [0.1, 0.15) is 19.8 Å². The summed E-state index contributed by atoms with van der Waals surface area (Å²) in [4.78, 5) is 0. The molecule has 1 heteroatoms. The lowest BCUT2D eigenvalue weighted by atomic mass is 9.89. The average Bonchev–Trinajstić information content (AvgIpc) is 1.91. The fourth-order valence-corrected chi connectivity index (χ4v) is 1.41. The molecule has 0 aromatic heterocycles. The second-order valence-corrected chi connectivity index (χ2v) is 3.58. The van der Waals surface area contributed by atoms with Crippen molar-refractivity contribution >= 4 is 0 Å². The molecular weight excluding hydrogens is 134 g/mol. The van der Waals surface area contributed by atoms with Crippen LogP contribution in [-0.4, -0.2) is 5.54 Å². The maximum absolute atomic E-state index is 5.93. The molecule has 2 aliphatic rings. The Morgan fingerprint density at radius 2 is 1.64 bits per heavy atom. The van der Waals surface area contributed by atoms with Gasteiger partial charge in [-0.1, -0.05) is 24.3 Å². The summed E-state index contributed by atoms with van der Waals surface area (Å²) in [6.07, 6.45) is 10.9.